The van der Waals surface area contributed by atoms with E-state index in [1.54, 1.807) is 0 Å². The van der Waals surface area contributed by atoms with E-state index in [9.17, 15) is 0 Å². The minimum atomic E-state index is -4.67. The first kappa shape index (κ1) is 16.3. The van der Waals surface area contributed by atoms with Crippen LogP contribution in [0.15, 0.2) is 0 Å². The molecule has 0 bridgehead atoms. The van der Waals surface area contributed by atoms with E-state index in [2.05, 4.69) is 0 Å². The predicted molar refractivity (Wildman–Crippen MR) is 31.3 cm³/mol. The maximum atomic E-state index is 8.74. The standard InChI is InChI=1S/Ca.H2O4S.Sr.4H/c;1-5(2,3)4;;;;;/h;(H2,1,2,3,4);;;;;. The molecule has 0 saturated carbocycles. The van der Waals surface area contributed by atoms with Gasteiger partial charge in [-0.15, -0.1) is 0 Å². The van der Waals surface area contributed by atoms with Gasteiger partial charge in [0.2, 0.25) is 0 Å². The van der Waals surface area contributed by atoms with Crippen LogP contribution in [0.4, 0.5) is 0 Å². The summed E-state index contributed by atoms with van der Waals surface area (Å²) in [6, 6.07) is 0. The molecule has 0 aromatic rings. The van der Waals surface area contributed by atoms with Crippen molar-refractivity contribution in [2.45, 2.75) is 0 Å². The molecule has 2 N–H and O–H groups in total. The summed E-state index contributed by atoms with van der Waals surface area (Å²) in [6.07, 6.45) is 0. The van der Waals surface area contributed by atoms with E-state index >= 15 is 0 Å². The van der Waals surface area contributed by atoms with E-state index in [1.165, 1.54) is 0 Å². The van der Waals surface area contributed by atoms with E-state index < -0.39 is 10.4 Å². The van der Waals surface area contributed by atoms with Gasteiger partial charge >= 0.3 is 93.6 Å². The Balaban J connectivity index is -0.0000000800. The van der Waals surface area contributed by atoms with Gasteiger partial charge in [-0.2, -0.15) is 8.42 Å². The van der Waals surface area contributed by atoms with Crippen LogP contribution in [0.25, 0.3) is 0 Å². The molecule has 0 spiro atoms. The van der Waals surface area contributed by atoms with E-state index in [4.69, 9.17) is 17.5 Å². The fourth-order valence-corrected chi connectivity index (χ4v) is 0. The van der Waals surface area contributed by atoms with E-state index in [1.807, 2.05) is 0 Å². The van der Waals surface area contributed by atoms with Crippen molar-refractivity contribution in [1.29, 1.82) is 0 Å². The van der Waals surface area contributed by atoms with Crippen LogP contribution < -0.4 is 0 Å². The maximum absolute atomic E-state index is 8.74. The van der Waals surface area contributed by atoms with Crippen LogP contribution in [0.2, 0.25) is 0 Å². The molecule has 40 valence electrons. The average molecular weight is 230 g/mol. The zero-order valence-electron chi connectivity index (χ0n) is 2.12. The minimum absolute atomic E-state index is 0. The van der Waals surface area contributed by atoms with Crippen LogP contribution in [0.5, 0.6) is 0 Å². The van der Waals surface area contributed by atoms with E-state index in [0.29, 0.717) is 0 Å². The molecule has 0 aliphatic rings. The topological polar surface area (TPSA) is 74.6 Å². The summed E-state index contributed by atoms with van der Waals surface area (Å²) in [5, 5.41) is 0. The van der Waals surface area contributed by atoms with Gasteiger partial charge in [0.1, 0.15) is 0 Å². The Hall–Kier alpha value is 2.61. The number of hydrogen-bond donors (Lipinski definition) is 2. The first-order chi connectivity index (χ1) is 2.00. The molecule has 0 saturated heterocycles. The Morgan fingerprint density at radius 1 is 1.14 bits per heavy atom. The van der Waals surface area contributed by atoms with Crippen molar-refractivity contribution in [1.82, 2.24) is 0 Å². The Morgan fingerprint density at radius 2 is 1.14 bits per heavy atom. The fraction of sp³-hybridized carbons (Fsp3) is 0. The molecule has 4 nitrogen and oxygen atoms in total. The second-order valence-electron chi connectivity index (χ2n) is 0.448. The summed E-state index contributed by atoms with van der Waals surface area (Å²) in [5.74, 6) is 0. The molecule has 0 radical (unpaired) electrons. The third kappa shape index (κ3) is 55.2. The molecule has 0 aromatic heterocycles. The molecule has 0 aliphatic carbocycles. The van der Waals surface area contributed by atoms with Gasteiger partial charge in [-0.3, -0.25) is 9.11 Å². The first-order valence-electron chi connectivity index (χ1n) is 0.698. The Kier molecular flexibility index (Phi) is 15.7. The van der Waals surface area contributed by atoms with E-state index in [0.717, 1.165) is 0 Å². The van der Waals surface area contributed by atoms with E-state index in [-0.39, 0.29) is 83.2 Å². The Labute approximate surface area is 109 Å². The summed E-state index contributed by atoms with van der Waals surface area (Å²) < 4.78 is 31.6. The van der Waals surface area contributed by atoms with Crippen molar-refractivity contribution in [2.24, 2.45) is 0 Å². The fourth-order valence-electron chi connectivity index (χ4n) is 0. The molecular weight excluding hydrogens is 224 g/mol. The van der Waals surface area contributed by atoms with Gasteiger partial charge in [0.05, 0.1) is 0 Å². The second-order valence-corrected chi connectivity index (χ2v) is 1.34. The Bertz CT molecular complexity index is 94.9. The SMILES string of the molecule is O=S(=O)(O)O.[CaH2].[SrH2]. The van der Waals surface area contributed by atoms with Gasteiger partial charge in [0.15, 0.2) is 0 Å². The van der Waals surface area contributed by atoms with Crippen molar-refractivity contribution >= 4 is 93.6 Å². The quantitative estimate of drug-likeness (QED) is 0.356. The molecule has 0 atom stereocenters. The molecular formula is H6CaO4SSr. The van der Waals surface area contributed by atoms with Crippen molar-refractivity contribution in [3.63, 3.8) is 0 Å². The first-order valence-corrected chi connectivity index (χ1v) is 2.10. The third-order valence-corrected chi connectivity index (χ3v) is 0. The molecule has 0 fully saturated rings. The normalized spacial score (nSPS) is 8.29. The van der Waals surface area contributed by atoms with Crippen molar-refractivity contribution in [3.05, 3.63) is 0 Å². The number of rotatable bonds is 0. The van der Waals surface area contributed by atoms with Gasteiger partial charge in [-0.25, -0.2) is 0 Å². The molecule has 0 rings (SSSR count). The summed E-state index contributed by atoms with van der Waals surface area (Å²) in [4.78, 5) is 0. The van der Waals surface area contributed by atoms with Gasteiger partial charge in [0, 0.05) is 0 Å². The van der Waals surface area contributed by atoms with Gasteiger partial charge in [0.25, 0.3) is 0 Å². The predicted octanol–water partition coefficient (Wildman–Crippen LogP) is -2.49. The number of hydrogen-bond acceptors (Lipinski definition) is 2. The average Bonchev–Trinajstić information content (AvgIpc) is 0.722. The van der Waals surface area contributed by atoms with Crippen LogP contribution in [-0.2, 0) is 10.4 Å². The van der Waals surface area contributed by atoms with Crippen LogP contribution in [0.3, 0.4) is 0 Å². The van der Waals surface area contributed by atoms with Crippen molar-refractivity contribution in [2.75, 3.05) is 0 Å². The van der Waals surface area contributed by atoms with Crippen LogP contribution in [0, 0.1) is 0 Å². The van der Waals surface area contributed by atoms with Gasteiger partial charge < -0.3 is 0 Å². The monoisotopic (exact) mass is 230 g/mol. The zero-order chi connectivity index (χ0) is 4.50. The summed E-state index contributed by atoms with van der Waals surface area (Å²) in [6.45, 7) is 0. The zero-order valence-corrected chi connectivity index (χ0v) is 2.94. The van der Waals surface area contributed by atoms with Gasteiger partial charge in [-0.05, 0) is 0 Å². The van der Waals surface area contributed by atoms with Crippen molar-refractivity contribution < 1.29 is 17.5 Å². The second kappa shape index (κ2) is 6.73. The summed E-state index contributed by atoms with van der Waals surface area (Å²) in [7, 11) is -4.67. The molecule has 0 aromatic carbocycles. The molecule has 7 heteroatoms. The molecule has 0 unspecified atom stereocenters. The summed E-state index contributed by atoms with van der Waals surface area (Å²) in [5.41, 5.74) is 0. The molecule has 0 heterocycles. The van der Waals surface area contributed by atoms with Crippen LogP contribution >= 0.6 is 0 Å². The third-order valence-electron chi connectivity index (χ3n) is 0. The van der Waals surface area contributed by atoms with Gasteiger partial charge in [-0.1, -0.05) is 0 Å². The summed E-state index contributed by atoms with van der Waals surface area (Å²) >= 11 is 0. The molecule has 0 aliphatic heterocycles. The van der Waals surface area contributed by atoms with Crippen LogP contribution in [0.1, 0.15) is 0 Å². The van der Waals surface area contributed by atoms with Crippen molar-refractivity contribution in [3.8, 4) is 0 Å². The van der Waals surface area contributed by atoms with Crippen LogP contribution in [-0.4, -0.2) is 101 Å². The molecule has 0 amide bonds. The Morgan fingerprint density at radius 3 is 1.14 bits per heavy atom. The molecule has 7 heavy (non-hydrogen) atoms.